The second kappa shape index (κ2) is 8.03. The quantitative estimate of drug-likeness (QED) is 0.761. The molecule has 0 aromatic heterocycles. The Balaban J connectivity index is 2.00. The number of carbonyl (C=O) groups is 2. The van der Waals surface area contributed by atoms with Crippen LogP contribution in [0, 0.1) is 5.82 Å². The fraction of sp³-hybridized carbons (Fsp3) is 0.364. The van der Waals surface area contributed by atoms with Crippen LogP contribution in [0.25, 0.3) is 0 Å². The van der Waals surface area contributed by atoms with E-state index in [1.165, 1.54) is 11.0 Å². The molecule has 0 radical (unpaired) electrons. The van der Waals surface area contributed by atoms with Crippen LogP contribution in [-0.2, 0) is 16.0 Å². The van der Waals surface area contributed by atoms with Gasteiger partial charge in [-0.25, -0.2) is 9.18 Å². The predicted molar refractivity (Wildman–Crippen MR) is 111 cm³/mol. The van der Waals surface area contributed by atoms with Gasteiger partial charge in [0.1, 0.15) is 11.6 Å². The summed E-state index contributed by atoms with van der Waals surface area (Å²) in [4.78, 5) is 26.9. The van der Waals surface area contributed by atoms with E-state index in [0.717, 1.165) is 5.56 Å². The number of nitrogens with zero attached hydrogens (tertiary/aromatic N) is 1. The molecule has 29 heavy (non-hydrogen) atoms. The summed E-state index contributed by atoms with van der Waals surface area (Å²) >= 11 is 6.00. The van der Waals surface area contributed by atoms with Crippen LogP contribution in [0.5, 0.6) is 0 Å². The van der Waals surface area contributed by atoms with E-state index in [4.69, 9.17) is 16.3 Å². The van der Waals surface area contributed by atoms with Crippen molar-refractivity contribution >= 4 is 29.3 Å². The maximum atomic E-state index is 15.0. The summed E-state index contributed by atoms with van der Waals surface area (Å²) in [6, 6.07) is 11.1. The van der Waals surface area contributed by atoms with Gasteiger partial charge in [0.25, 0.3) is 5.91 Å². The Labute approximate surface area is 174 Å². The summed E-state index contributed by atoms with van der Waals surface area (Å²) in [5, 5.41) is 2.57. The number of nitrogens with one attached hydrogen (secondary N) is 1. The zero-order valence-corrected chi connectivity index (χ0v) is 17.6. The first-order valence-electron chi connectivity index (χ1n) is 9.43. The summed E-state index contributed by atoms with van der Waals surface area (Å²) in [7, 11) is 0. The molecule has 2 aromatic carbocycles. The van der Waals surface area contributed by atoms with Crippen molar-refractivity contribution in [3.8, 4) is 0 Å². The maximum Gasteiger partial charge on any atom is 0.408 e. The SMILES string of the molecule is C[C@@H](c1ccccc1)N1C(=O)[C@H](NC(=O)OC(C)(C)C)Cc2ccc(Cl)c(F)c21. The largest absolute Gasteiger partial charge is 0.444 e. The van der Waals surface area contributed by atoms with Crippen molar-refractivity contribution in [3.63, 3.8) is 0 Å². The van der Waals surface area contributed by atoms with Crippen LogP contribution >= 0.6 is 11.6 Å². The van der Waals surface area contributed by atoms with Gasteiger partial charge in [0.15, 0.2) is 5.82 Å². The number of rotatable bonds is 3. The van der Waals surface area contributed by atoms with E-state index in [0.29, 0.717) is 5.56 Å². The maximum absolute atomic E-state index is 15.0. The number of fused-ring (bicyclic) bond motifs is 1. The van der Waals surface area contributed by atoms with Crippen LogP contribution in [0.2, 0.25) is 5.02 Å². The van der Waals surface area contributed by atoms with Crippen LogP contribution in [0.1, 0.15) is 44.9 Å². The number of halogens is 2. The molecule has 7 heteroatoms. The molecule has 0 saturated heterocycles. The number of carbonyl (C=O) groups excluding carboxylic acids is 2. The van der Waals surface area contributed by atoms with Crippen molar-refractivity contribution in [1.82, 2.24) is 5.32 Å². The van der Waals surface area contributed by atoms with E-state index in [9.17, 15) is 14.0 Å². The van der Waals surface area contributed by atoms with Crippen molar-refractivity contribution in [2.75, 3.05) is 4.90 Å². The summed E-state index contributed by atoms with van der Waals surface area (Å²) in [6.07, 6.45) is -0.541. The molecular formula is C22H24ClFN2O3. The first kappa shape index (κ1) is 21.1. The van der Waals surface area contributed by atoms with Gasteiger partial charge in [-0.2, -0.15) is 0 Å². The van der Waals surface area contributed by atoms with Crippen LogP contribution < -0.4 is 10.2 Å². The number of amides is 2. The Morgan fingerprint density at radius 1 is 1.24 bits per heavy atom. The molecule has 0 aliphatic carbocycles. The Morgan fingerprint density at radius 2 is 1.90 bits per heavy atom. The molecule has 1 aliphatic rings. The normalized spacial score (nSPS) is 17.5. The average Bonchev–Trinajstić information content (AvgIpc) is 2.65. The highest BCUT2D eigenvalue weighted by atomic mass is 35.5. The topological polar surface area (TPSA) is 58.6 Å². The first-order chi connectivity index (χ1) is 13.6. The number of hydrogen-bond acceptors (Lipinski definition) is 3. The van der Waals surface area contributed by atoms with Crippen LogP contribution in [0.3, 0.4) is 0 Å². The number of hydrogen-bond donors (Lipinski definition) is 1. The minimum absolute atomic E-state index is 0.0552. The van der Waals surface area contributed by atoms with Gasteiger partial charge in [-0.15, -0.1) is 0 Å². The van der Waals surface area contributed by atoms with E-state index >= 15 is 0 Å². The van der Waals surface area contributed by atoms with Crippen LogP contribution in [0.4, 0.5) is 14.9 Å². The molecule has 1 N–H and O–H groups in total. The minimum Gasteiger partial charge on any atom is -0.444 e. The molecule has 2 atom stereocenters. The third-order valence-corrected chi connectivity index (χ3v) is 5.01. The van der Waals surface area contributed by atoms with Crippen molar-refractivity contribution < 1.29 is 18.7 Å². The molecule has 0 saturated carbocycles. The lowest BCUT2D eigenvalue weighted by atomic mass is 9.93. The van der Waals surface area contributed by atoms with E-state index in [-0.39, 0.29) is 17.1 Å². The molecular weight excluding hydrogens is 395 g/mol. The Hall–Kier alpha value is -2.60. The molecule has 0 fully saturated rings. The minimum atomic E-state index is -0.871. The molecule has 0 unspecified atom stereocenters. The zero-order chi connectivity index (χ0) is 21.3. The zero-order valence-electron chi connectivity index (χ0n) is 16.8. The second-order valence-electron chi connectivity index (χ2n) is 8.07. The van der Waals surface area contributed by atoms with Crippen molar-refractivity contribution in [2.45, 2.75) is 51.8 Å². The molecule has 154 valence electrons. The lowest BCUT2D eigenvalue weighted by molar-refractivity contribution is -0.121. The van der Waals surface area contributed by atoms with Gasteiger partial charge in [0.2, 0.25) is 0 Å². The monoisotopic (exact) mass is 418 g/mol. The first-order valence-corrected chi connectivity index (χ1v) is 9.80. The van der Waals surface area contributed by atoms with Gasteiger partial charge in [0, 0.05) is 6.42 Å². The molecule has 2 amide bonds. The predicted octanol–water partition coefficient (Wildman–Crippen LogP) is 5.02. The van der Waals surface area contributed by atoms with Gasteiger partial charge >= 0.3 is 6.09 Å². The van der Waals surface area contributed by atoms with Gasteiger partial charge in [0.05, 0.1) is 16.8 Å². The number of anilines is 1. The number of ether oxygens (including phenoxy) is 1. The molecule has 1 heterocycles. The van der Waals surface area contributed by atoms with Gasteiger partial charge in [-0.3, -0.25) is 4.79 Å². The second-order valence-corrected chi connectivity index (χ2v) is 8.47. The van der Waals surface area contributed by atoms with E-state index in [2.05, 4.69) is 5.32 Å². The molecule has 5 nitrogen and oxygen atoms in total. The molecule has 1 aliphatic heterocycles. The number of alkyl carbamates (subject to hydrolysis) is 1. The highest BCUT2D eigenvalue weighted by Gasteiger charge is 2.39. The summed E-state index contributed by atoms with van der Waals surface area (Å²) in [6.45, 7) is 7.04. The molecule has 0 bridgehead atoms. The highest BCUT2D eigenvalue weighted by Crippen LogP contribution is 2.39. The van der Waals surface area contributed by atoms with Gasteiger partial charge < -0.3 is 15.0 Å². The summed E-state index contributed by atoms with van der Waals surface area (Å²) in [5.74, 6) is -1.06. The molecule has 0 spiro atoms. The molecule has 2 aromatic rings. The Kier molecular flexibility index (Phi) is 5.85. The fourth-order valence-corrected chi connectivity index (χ4v) is 3.57. The van der Waals surface area contributed by atoms with Gasteiger partial charge in [-0.1, -0.05) is 48.0 Å². The average molecular weight is 419 g/mol. The highest BCUT2D eigenvalue weighted by molar-refractivity contribution is 6.31. The van der Waals surface area contributed by atoms with Crippen molar-refractivity contribution in [1.29, 1.82) is 0 Å². The third kappa shape index (κ3) is 4.53. The van der Waals surface area contributed by atoms with E-state index < -0.39 is 35.5 Å². The third-order valence-electron chi connectivity index (χ3n) is 4.71. The fourth-order valence-electron chi connectivity index (χ4n) is 3.42. The Bertz CT molecular complexity index is 928. The Morgan fingerprint density at radius 3 is 2.52 bits per heavy atom. The van der Waals surface area contributed by atoms with E-state index in [1.54, 1.807) is 26.8 Å². The summed E-state index contributed by atoms with van der Waals surface area (Å²) < 4.78 is 20.2. The lowest BCUT2D eigenvalue weighted by Crippen LogP contribution is -2.54. The van der Waals surface area contributed by atoms with Gasteiger partial charge in [-0.05, 0) is 44.9 Å². The smallest absolute Gasteiger partial charge is 0.408 e. The lowest BCUT2D eigenvalue weighted by Gasteiger charge is -2.38. The number of benzene rings is 2. The van der Waals surface area contributed by atoms with Crippen LogP contribution in [-0.4, -0.2) is 23.6 Å². The summed E-state index contributed by atoms with van der Waals surface area (Å²) in [5.41, 5.74) is 0.886. The van der Waals surface area contributed by atoms with E-state index in [1.807, 2.05) is 37.3 Å². The standard InChI is InChI=1S/C22H24ClFN2O3/c1-13(14-8-6-5-7-9-14)26-19-15(10-11-16(23)18(19)24)12-17(20(26)27)25-21(28)29-22(2,3)4/h5-11,13,17H,12H2,1-4H3,(H,25,28)/t13-,17+/m0/s1. The van der Waals surface area contributed by atoms with Crippen molar-refractivity contribution in [2.24, 2.45) is 0 Å². The van der Waals surface area contributed by atoms with Crippen LogP contribution in [0.15, 0.2) is 42.5 Å². The van der Waals surface area contributed by atoms with Crippen molar-refractivity contribution in [3.05, 3.63) is 64.4 Å². The molecule has 3 rings (SSSR count).